The normalized spacial score (nSPS) is 12.7. The quantitative estimate of drug-likeness (QED) is 0.0261. The summed E-state index contributed by atoms with van der Waals surface area (Å²) in [6.45, 7) is 6.45. The molecule has 6 heteroatoms. The second-order valence-electron chi connectivity index (χ2n) is 21.0. The van der Waals surface area contributed by atoms with Crippen molar-refractivity contribution >= 4 is 17.9 Å². The van der Waals surface area contributed by atoms with Crippen molar-refractivity contribution in [2.75, 3.05) is 13.2 Å². The van der Waals surface area contributed by atoms with Gasteiger partial charge in [0, 0.05) is 12.8 Å². The topological polar surface area (TPSA) is 78.9 Å². The summed E-state index contributed by atoms with van der Waals surface area (Å²) in [5.41, 5.74) is 0. The molecule has 0 radical (unpaired) electrons. The molecule has 0 aromatic heterocycles. The van der Waals surface area contributed by atoms with Gasteiger partial charge in [-0.05, 0) is 83.5 Å². The summed E-state index contributed by atoms with van der Waals surface area (Å²) in [7, 11) is 0. The van der Waals surface area contributed by atoms with Crippen LogP contribution in [0.4, 0.5) is 0 Å². The van der Waals surface area contributed by atoms with Crippen LogP contribution in [0.15, 0.2) is 97.2 Å². The molecule has 0 aromatic carbocycles. The fourth-order valence-electron chi connectivity index (χ4n) is 8.88. The summed E-state index contributed by atoms with van der Waals surface area (Å²) in [4.78, 5) is 38.2. The standard InChI is InChI=1S/C69H118O6/c1-4-7-10-13-16-19-22-25-28-30-31-32-33-34-35-36-37-39-41-44-47-50-53-56-59-62-68(71)74-65-66(64-73-67(70)61-58-55-52-49-46-43-40-27-24-21-18-15-12-9-6-3)75-69(72)63-60-57-54-51-48-45-42-38-29-26-23-20-17-14-11-8-5-2/h9,12,18,21-22,25,27,30-31,33-34,40,46,49,55,58,66H,4-8,10-11,13-17,19-20,23-24,26,28-29,32,35-39,41-45,47-48,50-54,56-57,59-65H2,1-3H3/b12-9-,21-18-,25-22-,31-30-,34-33-,40-27-,49-46-,58-55-. The van der Waals surface area contributed by atoms with E-state index < -0.39 is 12.1 Å². The van der Waals surface area contributed by atoms with Crippen molar-refractivity contribution in [3.05, 3.63) is 97.2 Å². The molecule has 0 N–H and O–H groups in total. The lowest BCUT2D eigenvalue weighted by atomic mass is 10.0. The number of esters is 3. The molecule has 0 aliphatic rings. The van der Waals surface area contributed by atoms with E-state index in [-0.39, 0.29) is 31.6 Å². The van der Waals surface area contributed by atoms with Gasteiger partial charge in [-0.15, -0.1) is 0 Å². The van der Waals surface area contributed by atoms with E-state index in [0.29, 0.717) is 12.8 Å². The van der Waals surface area contributed by atoms with Crippen LogP contribution in [0.3, 0.4) is 0 Å². The monoisotopic (exact) mass is 1040 g/mol. The van der Waals surface area contributed by atoms with Gasteiger partial charge in [0.15, 0.2) is 6.10 Å². The lowest BCUT2D eigenvalue weighted by Crippen LogP contribution is -2.30. The predicted octanol–water partition coefficient (Wildman–Crippen LogP) is 21.7. The summed E-state index contributed by atoms with van der Waals surface area (Å²) >= 11 is 0. The average Bonchev–Trinajstić information content (AvgIpc) is 3.41. The highest BCUT2D eigenvalue weighted by molar-refractivity contribution is 5.72. The molecule has 0 aliphatic heterocycles. The number of ether oxygens (including phenoxy) is 3. The molecule has 0 spiro atoms. The van der Waals surface area contributed by atoms with E-state index in [2.05, 4.69) is 106 Å². The molecule has 0 fully saturated rings. The van der Waals surface area contributed by atoms with Crippen LogP contribution in [-0.4, -0.2) is 37.2 Å². The summed E-state index contributed by atoms with van der Waals surface area (Å²) in [6, 6.07) is 0. The largest absolute Gasteiger partial charge is 0.462 e. The van der Waals surface area contributed by atoms with Crippen LogP contribution in [0.2, 0.25) is 0 Å². The van der Waals surface area contributed by atoms with E-state index in [1.165, 1.54) is 180 Å². The number of hydrogen-bond donors (Lipinski definition) is 0. The molecule has 1 unspecified atom stereocenters. The molecular weight excluding hydrogens is 925 g/mol. The van der Waals surface area contributed by atoms with E-state index in [9.17, 15) is 14.4 Å². The van der Waals surface area contributed by atoms with Gasteiger partial charge < -0.3 is 14.2 Å². The molecule has 6 nitrogen and oxygen atoms in total. The Morgan fingerprint density at radius 2 is 0.573 bits per heavy atom. The molecule has 0 bridgehead atoms. The average molecular weight is 1040 g/mol. The van der Waals surface area contributed by atoms with Crippen molar-refractivity contribution in [1.82, 2.24) is 0 Å². The second kappa shape index (κ2) is 62.9. The molecule has 0 saturated carbocycles. The highest BCUT2D eigenvalue weighted by Gasteiger charge is 2.19. The van der Waals surface area contributed by atoms with E-state index in [0.717, 1.165) is 83.5 Å². The fourth-order valence-corrected chi connectivity index (χ4v) is 8.88. The van der Waals surface area contributed by atoms with E-state index in [4.69, 9.17) is 14.2 Å². The number of carbonyl (C=O) groups excluding carboxylic acids is 3. The Balaban J connectivity index is 4.40. The third kappa shape index (κ3) is 61.1. The van der Waals surface area contributed by atoms with Gasteiger partial charge in [-0.25, -0.2) is 0 Å². The minimum Gasteiger partial charge on any atom is -0.462 e. The molecule has 0 aliphatic carbocycles. The molecule has 0 heterocycles. The third-order valence-corrected chi connectivity index (χ3v) is 13.6. The number of hydrogen-bond acceptors (Lipinski definition) is 6. The van der Waals surface area contributed by atoms with Gasteiger partial charge in [0.05, 0.1) is 6.42 Å². The van der Waals surface area contributed by atoms with Crippen LogP contribution in [0.25, 0.3) is 0 Å². The molecule has 0 amide bonds. The third-order valence-electron chi connectivity index (χ3n) is 13.6. The Labute approximate surface area is 464 Å². The Bertz CT molecular complexity index is 1480. The zero-order valence-corrected chi connectivity index (χ0v) is 49.3. The van der Waals surface area contributed by atoms with Crippen LogP contribution in [0, 0.1) is 0 Å². The predicted molar refractivity (Wildman–Crippen MR) is 325 cm³/mol. The van der Waals surface area contributed by atoms with Gasteiger partial charge in [0.25, 0.3) is 0 Å². The van der Waals surface area contributed by atoms with Crippen molar-refractivity contribution in [2.24, 2.45) is 0 Å². The zero-order valence-electron chi connectivity index (χ0n) is 49.3. The Kier molecular flexibility index (Phi) is 59.8. The van der Waals surface area contributed by atoms with Crippen LogP contribution < -0.4 is 0 Å². The number of carbonyl (C=O) groups is 3. The smallest absolute Gasteiger partial charge is 0.309 e. The highest BCUT2D eigenvalue weighted by atomic mass is 16.6. The van der Waals surface area contributed by atoms with Crippen molar-refractivity contribution in [1.29, 1.82) is 0 Å². The van der Waals surface area contributed by atoms with Gasteiger partial charge >= 0.3 is 17.9 Å². The Hall–Kier alpha value is -3.67. The molecular formula is C69H118O6. The lowest BCUT2D eigenvalue weighted by Gasteiger charge is -2.18. The SMILES string of the molecule is CC/C=C\C/C=C\C/C=C\C/C=C\C/C=C\CC(=O)OCC(COC(=O)CCCCCCCCCCCC/C=C\C/C=C\C/C=C\CCCCCCC)OC(=O)CCCCCCCCCCCCCCCCCCC. The van der Waals surface area contributed by atoms with Crippen molar-refractivity contribution in [3.8, 4) is 0 Å². The maximum Gasteiger partial charge on any atom is 0.309 e. The summed E-state index contributed by atoms with van der Waals surface area (Å²) in [5.74, 6) is -1.03. The molecule has 0 rings (SSSR count). The summed E-state index contributed by atoms with van der Waals surface area (Å²) in [6.07, 6.45) is 84.4. The van der Waals surface area contributed by atoms with E-state index in [1.807, 2.05) is 6.08 Å². The van der Waals surface area contributed by atoms with E-state index in [1.54, 1.807) is 6.08 Å². The second-order valence-corrected chi connectivity index (χ2v) is 21.0. The number of unbranched alkanes of at least 4 members (excludes halogenated alkanes) is 31. The van der Waals surface area contributed by atoms with Gasteiger partial charge in [-0.1, -0.05) is 298 Å². The van der Waals surface area contributed by atoms with Gasteiger partial charge in [0.2, 0.25) is 0 Å². The first-order chi connectivity index (χ1) is 37.0. The van der Waals surface area contributed by atoms with Crippen LogP contribution in [-0.2, 0) is 28.6 Å². The zero-order chi connectivity index (χ0) is 54.3. The molecule has 0 aromatic rings. The molecule has 430 valence electrons. The molecule has 0 saturated heterocycles. The maximum atomic E-state index is 12.9. The maximum absolute atomic E-state index is 12.9. The lowest BCUT2D eigenvalue weighted by molar-refractivity contribution is -0.166. The highest BCUT2D eigenvalue weighted by Crippen LogP contribution is 2.16. The Morgan fingerprint density at radius 1 is 0.293 bits per heavy atom. The van der Waals surface area contributed by atoms with Crippen LogP contribution in [0.1, 0.15) is 303 Å². The minimum atomic E-state index is -0.819. The van der Waals surface area contributed by atoms with Crippen molar-refractivity contribution in [2.45, 2.75) is 309 Å². The fraction of sp³-hybridized carbons (Fsp3) is 0.725. The van der Waals surface area contributed by atoms with Crippen molar-refractivity contribution < 1.29 is 28.6 Å². The summed E-state index contributed by atoms with van der Waals surface area (Å²) in [5, 5.41) is 0. The molecule has 75 heavy (non-hydrogen) atoms. The Morgan fingerprint density at radius 3 is 0.933 bits per heavy atom. The van der Waals surface area contributed by atoms with Gasteiger partial charge in [-0.2, -0.15) is 0 Å². The first-order valence-corrected chi connectivity index (χ1v) is 31.7. The molecule has 1 atom stereocenters. The van der Waals surface area contributed by atoms with Crippen LogP contribution in [0.5, 0.6) is 0 Å². The van der Waals surface area contributed by atoms with Gasteiger partial charge in [0.1, 0.15) is 13.2 Å². The van der Waals surface area contributed by atoms with Gasteiger partial charge in [-0.3, -0.25) is 14.4 Å². The number of rotatable bonds is 57. The summed E-state index contributed by atoms with van der Waals surface area (Å²) < 4.78 is 16.8. The first kappa shape index (κ1) is 71.3. The first-order valence-electron chi connectivity index (χ1n) is 31.7. The van der Waals surface area contributed by atoms with E-state index >= 15 is 0 Å². The van der Waals surface area contributed by atoms with Crippen LogP contribution >= 0.6 is 0 Å². The number of allylic oxidation sites excluding steroid dienone is 15. The minimum absolute atomic E-state index is 0.107. The van der Waals surface area contributed by atoms with Crippen molar-refractivity contribution in [3.63, 3.8) is 0 Å².